The van der Waals surface area contributed by atoms with Crippen LogP contribution in [-0.2, 0) is 9.84 Å². The monoisotopic (exact) mass is 235 g/mol. The van der Waals surface area contributed by atoms with Crippen molar-refractivity contribution < 1.29 is 8.42 Å². The molecular formula is C11H25NO2S. The molecule has 0 saturated carbocycles. The Morgan fingerprint density at radius 2 is 1.87 bits per heavy atom. The van der Waals surface area contributed by atoms with Crippen LogP contribution in [0.5, 0.6) is 0 Å². The standard InChI is InChI=1S/C11H25NO2S/c1-5-7-10(3)11(6-2)12-8-9-15(4,13)14/h10-12H,5-9H2,1-4H3. The molecular weight excluding hydrogens is 210 g/mol. The summed E-state index contributed by atoms with van der Waals surface area (Å²) in [5.41, 5.74) is 0. The molecule has 92 valence electrons. The highest BCUT2D eigenvalue weighted by Crippen LogP contribution is 2.12. The summed E-state index contributed by atoms with van der Waals surface area (Å²) in [7, 11) is -2.83. The van der Waals surface area contributed by atoms with Gasteiger partial charge >= 0.3 is 0 Å². The first-order valence-electron chi connectivity index (χ1n) is 5.81. The van der Waals surface area contributed by atoms with E-state index in [0.29, 0.717) is 18.5 Å². The minimum Gasteiger partial charge on any atom is -0.313 e. The lowest BCUT2D eigenvalue weighted by Gasteiger charge is -2.23. The van der Waals surface area contributed by atoms with E-state index in [0.717, 1.165) is 6.42 Å². The third kappa shape index (κ3) is 7.79. The van der Waals surface area contributed by atoms with Crippen LogP contribution in [0, 0.1) is 5.92 Å². The quantitative estimate of drug-likeness (QED) is 0.698. The van der Waals surface area contributed by atoms with Gasteiger partial charge in [-0.05, 0) is 18.8 Å². The molecule has 0 aromatic heterocycles. The van der Waals surface area contributed by atoms with Crippen LogP contribution in [0.1, 0.15) is 40.0 Å². The van der Waals surface area contributed by atoms with Crippen molar-refractivity contribution in [3.05, 3.63) is 0 Å². The zero-order valence-corrected chi connectivity index (χ0v) is 11.2. The average molecular weight is 235 g/mol. The van der Waals surface area contributed by atoms with Crippen LogP contribution in [0.25, 0.3) is 0 Å². The fourth-order valence-electron chi connectivity index (χ4n) is 1.83. The highest BCUT2D eigenvalue weighted by molar-refractivity contribution is 7.90. The molecule has 2 atom stereocenters. The molecule has 0 aromatic carbocycles. The van der Waals surface area contributed by atoms with Crippen LogP contribution in [0.3, 0.4) is 0 Å². The van der Waals surface area contributed by atoms with Gasteiger partial charge in [-0.2, -0.15) is 0 Å². The lowest BCUT2D eigenvalue weighted by molar-refractivity contribution is 0.352. The van der Waals surface area contributed by atoms with Gasteiger partial charge in [-0.1, -0.05) is 27.2 Å². The zero-order chi connectivity index (χ0) is 11.9. The molecule has 2 unspecified atom stereocenters. The first-order chi connectivity index (χ1) is 6.90. The van der Waals surface area contributed by atoms with Gasteiger partial charge in [0.2, 0.25) is 0 Å². The topological polar surface area (TPSA) is 46.2 Å². The summed E-state index contributed by atoms with van der Waals surface area (Å²) in [6, 6.07) is 0.451. The summed E-state index contributed by atoms with van der Waals surface area (Å²) in [5, 5.41) is 3.33. The maximum absolute atomic E-state index is 11.0. The van der Waals surface area contributed by atoms with Gasteiger partial charge in [-0.15, -0.1) is 0 Å². The summed E-state index contributed by atoms with van der Waals surface area (Å²) >= 11 is 0. The maximum Gasteiger partial charge on any atom is 0.148 e. The van der Waals surface area contributed by atoms with E-state index < -0.39 is 9.84 Å². The summed E-state index contributed by atoms with van der Waals surface area (Å²) in [6.45, 7) is 7.13. The number of hydrogen-bond acceptors (Lipinski definition) is 3. The van der Waals surface area contributed by atoms with Crippen molar-refractivity contribution in [2.24, 2.45) is 5.92 Å². The van der Waals surface area contributed by atoms with Crippen LogP contribution >= 0.6 is 0 Å². The Morgan fingerprint density at radius 1 is 1.27 bits per heavy atom. The lowest BCUT2D eigenvalue weighted by atomic mass is 9.95. The Hall–Kier alpha value is -0.0900. The van der Waals surface area contributed by atoms with Crippen molar-refractivity contribution in [1.29, 1.82) is 0 Å². The molecule has 0 aromatic rings. The molecule has 0 amide bonds. The van der Waals surface area contributed by atoms with E-state index in [9.17, 15) is 8.42 Å². The van der Waals surface area contributed by atoms with Gasteiger partial charge in [-0.25, -0.2) is 8.42 Å². The molecule has 4 heteroatoms. The van der Waals surface area contributed by atoms with Crippen molar-refractivity contribution in [3.63, 3.8) is 0 Å². The maximum atomic E-state index is 11.0. The van der Waals surface area contributed by atoms with Crippen LogP contribution in [-0.4, -0.2) is 33.0 Å². The largest absolute Gasteiger partial charge is 0.313 e. The van der Waals surface area contributed by atoms with Crippen LogP contribution < -0.4 is 5.32 Å². The molecule has 0 radical (unpaired) electrons. The smallest absolute Gasteiger partial charge is 0.148 e. The van der Waals surface area contributed by atoms with Crippen molar-refractivity contribution in [2.45, 2.75) is 46.1 Å². The molecule has 3 nitrogen and oxygen atoms in total. The summed E-state index contributed by atoms with van der Waals surface area (Å²) < 4.78 is 21.9. The molecule has 0 aliphatic carbocycles. The third-order valence-electron chi connectivity index (χ3n) is 2.75. The van der Waals surface area contributed by atoms with E-state index >= 15 is 0 Å². The molecule has 15 heavy (non-hydrogen) atoms. The number of nitrogens with one attached hydrogen (secondary N) is 1. The van der Waals surface area contributed by atoms with Crippen molar-refractivity contribution >= 4 is 9.84 Å². The van der Waals surface area contributed by atoms with Gasteiger partial charge in [0.1, 0.15) is 9.84 Å². The number of sulfone groups is 1. The van der Waals surface area contributed by atoms with E-state index in [-0.39, 0.29) is 5.75 Å². The Kier molecular flexibility index (Phi) is 7.18. The molecule has 0 aliphatic heterocycles. The van der Waals surface area contributed by atoms with Gasteiger partial charge in [0.05, 0.1) is 5.75 Å². The Bertz CT molecular complexity index is 249. The summed E-state index contributed by atoms with van der Waals surface area (Å²) in [5.74, 6) is 0.863. The van der Waals surface area contributed by atoms with Crippen LogP contribution in [0.15, 0.2) is 0 Å². The molecule has 0 rings (SSSR count). The normalized spacial score (nSPS) is 16.3. The van der Waals surface area contributed by atoms with Gasteiger partial charge in [-0.3, -0.25) is 0 Å². The fraction of sp³-hybridized carbons (Fsp3) is 1.00. The minimum atomic E-state index is -2.83. The first-order valence-corrected chi connectivity index (χ1v) is 7.87. The number of hydrogen-bond donors (Lipinski definition) is 1. The van der Waals surface area contributed by atoms with E-state index in [1.165, 1.54) is 19.1 Å². The second kappa shape index (κ2) is 7.23. The first kappa shape index (κ1) is 14.9. The summed E-state index contributed by atoms with van der Waals surface area (Å²) in [4.78, 5) is 0. The molecule has 0 bridgehead atoms. The van der Waals surface area contributed by atoms with E-state index in [2.05, 4.69) is 26.1 Å². The van der Waals surface area contributed by atoms with Gasteiger partial charge < -0.3 is 5.32 Å². The Morgan fingerprint density at radius 3 is 2.27 bits per heavy atom. The molecule has 0 aliphatic rings. The van der Waals surface area contributed by atoms with Gasteiger partial charge in [0, 0.05) is 18.8 Å². The predicted octanol–water partition coefficient (Wildman–Crippen LogP) is 1.84. The highest BCUT2D eigenvalue weighted by atomic mass is 32.2. The Balaban J connectivity index is 3.90. The Labute approximate surface area is 94.6 Å². The van der Waals surface area contributed by atoms with E-state index in [1.807, 2.05) is 0 Å². The highest BCUT2D eigenvalue weighted by Gasteiger charge is 2.14. The van der Waals surface area contributed by atoms with E-state index in [4.69, 9.17) is 0 Å². The van der Waals surface area contributed by atoms with Crippen LogP contribution in [0.2, 0.25) is 0 Å². The molecule has 0 heterocycles. The lowest BCUT2D eigenvalue weighted by Crippen LogP contribution is -2.37. The number of rotatable bonds is 8. The molecule has 0 spiro atoms. The average Bonchev–Trinajstić information content (AvgIpc) is 2.11. The van der Waals surface area contributed by atoms with Crippen LogP contribution in [0.4, 0.5) is 0 Å². The molecule has 0 saturated heterocycles. The fourth-order valence-corrected chi connectivity index (χ4v) is 2.32. The van der Waals surface area contributed by atoms with Crippen molar-refractivity contribution in [1.82, 2.24) is 5.32 Å². The minimum absolute atomic E-state index is 0.238. The van der Waals surface area contributed by atoms with Crippen molar-refractivity contribution in [2.75, 3.05) is 18.6 Å². The zero-order valence-electron chi connectivity index (χ0n) is 10.4. The van der Waals surface area contributed by atoms with Gasteiger partial charge in [0.25, 0.3) is 0 Å². The third-order valence-corrected chi connectivity index (χ3v) is 3.70. The predicted molar refractivity (Wildman–Crippen MR) is 65.9 cm³/mol. The second-order valence-electron chi connectivity index (χ2n) is 4.36. The van der Waals surface area contributed by atoms with E-state index in [1.54, 1.807) is 0 Å². The summed E-state index contributed by atoms with van der Waals surface area (Å²) in [6.07, 6.45) is 4.73. The molecule has 0 fully saturated rings. The van der Waals surface area contributed by atoms with Gasteiger partial charge in [0.15, 0.2) is 0 Å². The molecule has 1 N–H and O–H groups in total. The second-order valence-corrected chi connectivity index (χ2v) is 6.62. The SMILES string of the molecule is CCCC(C)C(CC)NCCS(C)(=O)=O. The van der Waals surface area contributed by atoms with Crippen molar-refractivity contribution in [3.8, 4) is 0 Å².